The SMILES string of the molecule is O[C@@H](CCl)CBr. The van der Waals surface area contributed by atoms with Crippen molar-refractivity contribution in [3.05, 3.63) is 0 Å². The first-order valence-corrected chi connectivity index (χ1v) is 3.27. The number of halogens is 2. The van der Waals surface area contributed by atoms with Gasteiger partial charge in [-0.25, -0.2) is 0 Å². The monoisotopic (exact) mass is 172 g/mol. The molecule has 0 heterocycles. The van der Waals surface area contributed by atoms with Crippen LogP contribution in [0.15, 0.2) is 0 Å². The Hall–Kier alpha value is 0.730. The van der Waals surface area contributed by atoms with Crippen LogP contribution in [-0.4, -0.2) is 22.4 Å². The largest absolute Gasteiger partial charge is 0.391 e. The van der Waals surface area contributed by atoms with Crippen LogP contribution in [0.4, 0.5) is 0 Å². The average Bonchev–Trinajstić information content (AvgIpc) is 1.65. The highest BCUT2D eigenvalue weighted by Gasteiger charge is 1.94. The van der Waals surface area contributed by atoms with E-state index < -0.39 is 0 Å². The van der Waals surface area contributed by atoms with E-state index in [1.165, 1.54) is 0 Å². The molecule has 0 aliphatic rings. The maximum Gasteiger partial charge on any atom is 0.0772 e. The van der Waals surface area contributed by atoms with Gasteiger partial charge in [-0.05, 0) is 0 Å². The van der Waals surface area contributed by atoms with Crippen molar-refractivity contribution >= 4 is 27.5 Å². The molecule has 0 aromatic carbocycles. The lowest BCUT2D eigenvalue weighted by molar-refractivity contribution is 0.225. The summed E-state index contributed by atoms with van der Waals surface area (Å²) in [5.74, 6) is 0.311. The summed E-state index contributed by atoms with van der Waals surface area (Å²) >= 11 is 8.21. The minimum atomic E-state index is -0.383. The van der Waals surface area contributed by atoms with Crippen LogP contribution in [0, 0.1) is 0 Å². The summed E-state index contributed by atoms with van der Waals surface area (Å²) in [6.45, 7) is 0. The van der Waals surface area contributed by atoms with Crippen molar-refractivity contribution in [3.63, 3.8) is 0 Å². The first kappa shape index (κ1) is 6.73. The summed E-state index contributed by atoms with van der Waals surface area (Å²) in [5, 5.41) is 9.05. The second-order valence-electron chi connectivity index (χ2n) is 0.962. The van der Waals surface area contributed by atoms with Gasteiger partial charge in [-0.1, -0.05) is 15.9 Å². The molecule has 0 radical (unpaired) electrons. The van der Waals surface area contributed by atoms with Gasteiger partial charge in [-0.2, -0.15) is 0 Å². The fourth-order valence-electron chi connectivity index (χ4n) is 0.0412. The number of aliphatic hydroxyl groups is 1. The minimum absolute atomic E-state index is 0.311. The fraction of sp³-hybridized carbons (Fsp3) is 1.00. The third-order valence-electron chi connectivity index (χ3n) is 0.356. The Morgan fingerprint density at radius 2 is 2.33 bits per heavy atom. The minimum Gasteiger partial charge on any atom is -0.391 e. The van der Waals surface area contributed by atoms with Crippen LogP contribution in [0.2, 0.25) is 0 Å². The van der Waals surface area contributed by atoms with Crippen molar-refractivity contribution < 1.29 is 5.11 Å². The molecule has 0 rings (SSSR count). The van der Waals surface area contributed by atoms with Crippen LogP contribution < -0.4 is 0 Å². The van der Waals surface area contributed by atoms with Crippen LogP contribution >= 0.6 is 27.5 Å². The molecule has 0 spiro atoms. The molecule has 6 heavy (non-hydrogen) atoms. The molecular formula is C3H6BrClO. The van der Waals surface area contributed by atoms with Gasteiger partial charge in [-0.3, -0.25) is 0 Å². The normalized spacial score (nSPS) is 14.5. The maximum absolute atomic E-state index is 8.49. The van der Waals surface area contributed by atoms with E-state index in [0.717, 1.165) is 0 Å². The van der Waals surface area contributed by atoms with E-state index >= 15 is 0 Å². The summed E-state index contributed by atoms with van der Waals surface area (Å²) in [5.41, 5.74) is 0. The van der Waals surface area contributed by atoms with Gasteiger partial charge in [0.05, 0.1) is 6.10 Å². The average molecular weight is 173 g/mol. The van der Waals surface area contributed by atoms with E-state index in [2.05, 4.69) is 15.9 Å². The molecule has 0 bridgehead atoms. The van der Waals surface area contributed by atoms with Gasteiger partial charge in [0, 0.05) is 11.2 Å². The lowest BCUT2D eigenvalue weighted by atomic mass is 10.5. The van der Waals surface area contributed by atoms with Crippen molar-refractivity contribution in [1.29, 1.82) is 0 Å². The van der Waals surface area contributed by atoms with Crippen LogP contribution in [0.5, 0.6) is 0 Å². The Balaban J connectivity index is 2.75. The van der Waals surface area contributed by atoms with Crippen LogP contribution in [0.1, 0.15) is 0 Å². The van der Waals surface area contributed by atoms with E-state index in [1.54, 1.807) is 0 Å². The highest BCUT2D eigenvalue weighted by molar-refractivity contribution is 9.09. The lowest BCUT2D eigenvalue weighted by Gasteiger charge is -1.95. The van der Waals surface area contributed by atoms with Gasteiger partial charge in [-0.15, -0.1) is 11.6 Å². The number of rotatable bonds is 2. The van der Waals surface area contributed by atoms with E-state index in [1.807, 2.05) is 0 Å². The third-order valence-corrected chi connectivity index (χ3v) is 1.46. The second-order valence-corrected chi connectivity index (χ2v) is 1.92. The van der Waals surface area contributed by atoms with Gasteiger partial charge in [0.15, 0.2) is 0 Å². The summed E-state index contributed by atoms with van der Waals surface area (Å²) in [7, 11) is 0. The quantitative estimate of drug-likeness (QED) is 0.617. The van der Waals surface area contributed by atoms with E-state index in [4.69, 9.17) is 16.7 Å². The molecule has 3 heteroatoms. The molecule has 38 valence electrons. The predicted molar refractivity (Wildman–Crippen MR) is 30.5 cm³/mol. The van der Waals surface area contributed by atoms with Gasteiger partial charge in [0.25, 0.3) is 0 Å². The molecule has 0 saturated carbocycles. The molecule has 0 aliphatic carbocycles. The molecule has 0 amide bonds. The Labute approximate surface area is 50.4 Å². The molecule has 0 saturated heterocycles. The molecule has 1 atom stereocenters. The first-order chi connectivity index (χ1) is 2.81. The zero-order valence-electron chi connectivity index (χ0n) is 3.19. The van der Waals surface area contributed by atoms with Crippen LogP contribution in [0.25, 0.3) is 0 Å². The number of alkyl halides is 2. The third kappa shape index (κ3) is 2.94. The Kier molecular flexibility index (Phi) is 4.38. The number of hydrogen-bond donors (Lipinski definition) is 1. The highest BCUT2D eigenvalue weighted by Crippen LogP contribution is 1.90. The number of aliphatic hydroxyl groups excluding tert-OH is 1. The molecule has 0 fully saturated rings. The summed E-state index contributed by atoms with van der Waals surface area (Å²) in [6, 6.07) is 0. The van der Waals surface area contributed by atoms with Gasteiger partial charge >= 0.3 is 0 Å². The van der Waals surface area contributed by atoms with Gasteiger partial charge in [0.1, 0.15) is 0 Å². The summed E-state index contributed by atoms with van der Waals surface area (Å²) in [4.78, 5) is 0. The van der Waals surface area contributed by atoms with Gasteiger partial charge in [0.2, 0.25) is 0 Å². The van der Waals surface area contributed by atoms with E-state index in [-0.39, 0.29) is 6.10 Å². The van der Waals surface area contributed by atoms with Crippen LogP contribution in [-0.2, 0) is 0 Å². The second kappa shape index (κ2) is 3.90. The Bertz CT molecular complexity index is 30.0. The number of hydrogen-bond acceptors (Lipinski definition) is 1. The van der Waals surface area contributed by atoms with Crippen molar-refractivity contribution in [1.82, 2.24) is 0 Å². The predicted octanol–water partition coefficient (Wildman–Crippen LogP) is 0.981. The van der Waals surface area contributed by atoms with Crippen molar-refractivity contribution in [2.24, 2.45) is 0 Å². The van der Waals surface area contributed by atoms with Crippen LogP contribution in [0.3, 0.4) is 0 Å². The lowest BCUT2D eigenvalue weighted by Crippen LogP contribution is -2.08. The smallest absolute Gasteiger partial charge is 0.0772 e. The molecule has 0 unspecified atom stereocenters. The maximum atomic E-state index is 8.49. The summed E-state index contributed by atoms with van der Waals surface area (Å²) in [6.07, 6.45) is -0.383. The van der Waals surface area contributed by atoms with E-state index in [0.29, 0.717) is 11.2 Å². The van der Waals surface area contributed by atoms with E-state index in [9.17, 15) is 0 Å². The molecule has 0 aromatic heterocycles. The molecule has 0 aromatic rings. The Morgan fingerprint density at radius 1 is 1.83 bits per heavy atom. The molecule has 1 nitrogen and oxygen atoms in total. The topological polar surface area (TPSA) is 20.2 Å². The van der Waals surface area contributed by atoms with Crippen molar-refractivity contribution in [2.45, 2.75) is 6.10 Å². The first-order valence-electron chi connectivity index (χ1n) is 1.61. The van der Waals surface area contributed by atoms with Crippen molar-refractivity contribution in [3.8, 4) is 0 Å². The summed E-state index contributed by atoms with van der Waals surface area (Å²) < 4.78 is 0. The molecule has 1 N–H and O–H groups in total. The zero-order chi connectivity index (χ0) is 4.99. The fourth-order valence-corrected chi connectivity index (χ4v) is 0.643. The Morgan fingerprint density at radius 3 is 2.33 bits per heavy atom. The molecule has 0 aliphatic heterocycles. The van der Waals surface area contributed by atoms with Crippen molar-refractivity contribution in [2.75, 3.05) is 11.2 Å². The van der Waals surface area contributed by atoms with Gasteiger partial charge < -0.3 is 5.11 Å². The molecular weight excluding hydrogens is 167 g/mol. The zero-order valence-corrected chi connectivity index (χ0v) is 5.54. The highest BCUT2D eigenvalue weighted by atomic mass is 79.9. The standard InChI is InChI=1S/C3H6BrClO/c4-1-3(6)2-5/h3,6H,1-2H2/t3-/m1/s1.